The number of nitrogens with zero attached hydrogens (tertiary/aromatic N) is 2. The third-order valence-corrected chi connectivity index (χ3v) is 4.99. The van der Waals surface area contributed by atoms with E-state index >= 15 is 0 Å². The number of aromatic nitrogens is 1. The molecule has 0 radical (unpaired) electrons. The fraction of sp³-hybridized carbons (Fsp3) is 0.435. The molecule has 30 heavy (non-hydrogen) atoms. The predicted molar refractivity (Wildman–Crippen MR) is 113 cm³/mol. The number of ether oxygens (including phenoxy) is 2. The molecule has 1 unspecified atom stereocenters. The molecule has 1 aliphatic rings. The quantitative estimate of drug-likeness (QED) is 0.650. The molecule has 2 heterocycles. The van der Waals surface area contributed by atoms with Gasteiger partial charge in [0.05, 0.1) is 31.4 Å². The Morgan fingerprint density at radius 3 is 2.70 bits per heavy atom. The number of nitrogens with one attached hydrogen (secondary N) is 1. The highest BCUT2D eigenvalue weighted by atomic mass is 16.5. The van der Waals surface area contributed by atoms with Crippen molar-refractivity contribution in [1.29, 1.82) is 0 Å². The van der Waals surface area contributed by atoms with Gasteiger partial charge in [-0.25, -0.2) is 0 Å². The van der Waals surface area contributed by atoms with Crippen molar-refractivity contribution in [2.45, 2.75) is 33.2 Å². The smallest absolute Gasteiger partial charge is 0.225 e. The Bertz CT molecular complexity index is 857. The highest BCUT2D eigenvalue weighted by Gasteiger charge is 2.34. The maximum Gasteiger partial charge on any atom is 0.225 e. The van der Waals surface area contributed by atoms with Crippen molar-refractivity contribution in [2.75, 3.05) is 26.3 Å². The number of likely N-dealkylation sites (tertiary alicyclic amines) is 1. The van der Waals surface area contributed by atoms with E-state index in [4.69, 9.17) is 9.47 Å². The van der Waals surface area contributed by atoms with Gasteiger partial charge in [0.2, 0.25) is 11.8 Å². The second-order valence-corrected chi connectivity index (χ2v) is 7.18. The minimum atomic E-state index is -0.319. The first-order valence-electron chi connectivity index (χ1n) is 10.4. The van der Waals surface area contributed by atoms with Crippen LogP contribution in [0.1, 0.15) is 31.5 Å². The minimum absolute atomic E-state index is 0.00586. The molecule has 0 bridgehead atoms. The molecule has 1 atom stereocenters. The molecule has 0 saturated carbocycles. The highest BCUT2D eigenvalue weighted by molar-refractivity contribution is 5.89. The van der Waals surface area contributed by atoms with Crippen molar-refractivity contribution in [3.05, 3.63) is 53.9 Å². The van der Waals surface area contributed by atoms with Crippen LogP contribution in [0.5, 0.6) is 11.5 Å². The summed E-state index contributed by atoms with van der Waals surface area (Å²) in [6, 6.07) is 11.4. The van der Waals surface area contributed by atoms with Crippen molar-refractivity contribution < 1.29 is 19.1 Å². The third kappa shape index (κ3) is 5.72. The first-order valence-corrected chi connectivity index (χ1v) is 10.4. The van der Waals surface area contributed by atoms with E-state index in [0.29, 0.717) is 39.3 Å². The van der Waals surface area contributed by atoms with Gasteiger partial charge in [0, 0.05) is 25.7 Å². The Labute approximate surface area is 177 Å². The summed E-state index contributed by atoms with van der Waals surface area (Å²) in [5.41, 5.74) is 1.88. The van der Waals surface area contributed by atoms with E-state index in [0.717, 1.165) is 22.8 Å². The van der Waals surface area contributed by atoms with Crippen LogP contribution in [0.4, 0.5) is 0 Å². The number of hydrogen-bond acceptors (Lipinski definition) is 5. The lowest BCUT2D eigenvalue weighted by atomic mass is 10.1. The van der Waals surface area contributed by atoms with Gasteiger partial charge in [-0.1, -0.05) is 12.1 Å². The number of amides is 2. The Morgan fingerprint density at radius 1 is 1.17 bits per heavy atom. The standard InChI is InChI=1S/C23H29N3O4/c1-3-29-20-9-8-17(13-21(20)30-4-2)10-12-25-23(28)18-14-22(27)26(15-18)16-19-7-5-6-11-24-19/h5-9,11,13,18H,3-4,10,12,14-16H2,1-2H3,(H,25,28). The fourth-order valence-corrected chi connectivity index (χ4v) is 3.51. The van der Waals surface area contributed by atoms with Gasteiger partial charge >= 0.3 is 0 Å². The Hall–Kier alpha value is -3.09. The Kier molecular flexibility index (Phi) is 7.65. The van der Waals surface area contributed by atoms with Crippen molar-refractivity contribution >= 4 is 11.8 Å². The summed E-state index contributed by atoms with van der Waals surface area (Å²) in [6.45, 7) is 6.38. The molecule has 2 aromatic rings. The average molecular weight is 412 g/mol. The first-order chi connectivity index (χ1) is 14.6. The first kappa shape index (κ1) is 21.6. The van der Waals surface area contributed by atoms with Gasteiger partial charge < -0.3 is 19.7 Å². The Morgan fingerprint density at radius 2 is 1.97 bits per heavy atom. The summed E-state index contributed by atoms with van der Waals surface area (Å²) in [5.74, 6) is 1.04. The van der Waals surface area contributed by atoms with Crippen molar-refractivity contribution in [1.82, 2.24) is 15.2 Å². The summed E-state index contributed by atoms with van der Waals surface area (Å²) in [4.78, 5) is 30.8. The minimum Gasteiger partial charge on any atom is -0.490 e. The SMILES string of the molecule is CCOc1ccc(CCNC(=O)C2CC(=O)N(Cc3ccccn3)C2)cc1OCC. The van der Waals surface area contributed by atoms with Crippen LogP contribution in [-0.2, 0) is 22.6 Å². The van der Waals surface area contributed by atoms with Crippen LogP contribution >= 0.6 is 0 Å². The number of rotatable bonds is 10. The lowest BCUT2D eigenvalue weighted by Gasteiger charge is -2.16. The van der Waals surface area contributed by atoms with E-state index in [1.807, 2.05) is 50.2 Å². The second kappa shape index (κ2) is 10.6. The predicted octanol–water partition coefficient (Wildman–Crippen LogP) is 2.59. The van der Waals surface area contributed by atoms with Crippen LogP contribution in [0.25, 0.3) is 0 Å². The fourth-order valence-electron chi connectivity index (χ4n) is 3.51. The third-order valence-electron chi connectivity index (χ3n) is 4.99. The summed E-state index contributed by atoms with van der Waals surface area (Å²) in [7, 11) is 0. The van der Waals surface area contributed by atoms with Gasteiger partial charge in [-0.3, -0.25) is 14.6 Å². The number of carbonyl (C=O) groups is 2. The van der Waals surface area contributed by atoms with Crippen molar-refractivity contribution in [3.8, 4) is 11.5 Å². The molecule has 7 nitrogen and oxygen atoms in total. The summed E-state index contributed by atoms with van der Waals surface area (Å²) < 4.78 is 11.2. The zero-order valence-electron chi connectivity index (χ0n) is 17.6. The normalized spacial score (nSPS) is 15.9. The van der Waals surface area contributed by atoms with Crippen molar-refractivity contribution in [3.63, 3.8) is 0 Å². The monoisotopic (exact) mass is 411 g/mol. The number of hydrogen-bond donors (Lipinski definition) is 1. The maximum absolute atomic E-state index is 12.5. The Balaban J connectivity index is 1.49. The molecule has 1 saturated heterocycles. The van der Waals surface area contributed by atoms with Crippen LogP contribution in [0.2, 0.25) is 0 Å². The summed E-state index contributed by atoms with van der Waals surface area (Å²) >= 11 is 0. The molecule has 160 valence electrons. The van der Waals surface area contributed by atoms with Gasteiger partial charge in [-0.15, -0.1) is 0 Å². The van der Waals surface area contributed by atoms with E-state index < -0.39 is 0 Å². The van der Waals surface area contributed by atoms with E-state index in [1.165, 1.54) is 0 Å². The lowest BCUT2D eigenvalue weighted by molar-refractivity contribution is -0.129. The molecule has 2 amide bonds. The summed E-state index contributed by atoms with van der Waals surface area (Å²) in [5, 5.41) is 2.96. The van der Waals surface area contributed by atoms with Gasteiger partial charge in [-0.05, 0) is 50.1 Å². The van der Waals surface area contributed by atoms with E-state index in [9.17, 15) is 9.59 Å². The van der Waals surface area contributed by atoms with Gasteiger partial charge in [0.25, 0.3) is 0 Å². The second-order valence-electron chi connectivity index (χ2n) is 7.18. The number of pyridine rings is 1. The zero-order chi connectivity index (χ0) is 21.3. The number of benzene rings is 1. The van der Waals surface area contributed by atoms with Crippen LogP contribution in [-0.4, -0.2) is 48.0 Å². The molecular weight excluding hydrogens is 382 g/mol. The lowest BCUT2D eigenvalue weighted by Crippen LogP contribution is -2.34. The maximum atomic E-state index is 12.5. The van der Waals surface area contributed by atoms with Gasteiger partial charge in [0.15, 0.2) is 11.5 Å². The van der Waals surface area contributed by atoms with Crippen molar-refractivity contribution in [2.24, 2.45) is 5.92 Å². The van der Waals surface area contributed by atoms with Crippen LogP contribution in [0, 0.1) is 5.92 Å². The highest BCUT2D eigenvalue weighted by Crippen LogP contribution is 2.28. The molecule has 1 fully saturated rings. The van der Waals surface area contributed by atoms with E-state index in [-0.39, 0.29) is 24.2 Å². The molecule has 0 aliphatic carbocycles. The molecular formula is C23H29N3O4. The van der Waals surface area contributed by atoms with Crippen LogP contribution in [0.15, 0.2) is 42.6 Å². The average Bonchev–Trinajstić information content (AvgIpc) is 3.11. The molecule has 1 aromatic heterocycles. The van der Waals surface area contributed by atoms with Crippen LogP contribution < -0.4 is 14.8 Å². The van der Waals surface area contributed by atoms with Crippen LogP contribution in [0.3, 0.4) is 0 Å². The molecule has 3 rings (SSSR count). The van der Waals surface area contributed by atoms with E-state index in [2.05, 4.69) is 10.3 Å². The van der Waals surface area contributed by atoms with Gasteiger partial charge in [0.1, 0.15) is 0 Å². The van der Waals surface area contributed by atoms with Gasteiger partial charge in [-0.2, -0.15) is 0 Å². The molecule has 0 spiro atoms. The topological polar surface area (TPSA) is 80.8 Å². The summed E-state index contributed by atoms with van der Waals surface area (Å²) in [6.07, 6.45) is 2.63. The largest absolute Gasteiger partial charge is 0.490 e. The number of carbonyl (C=O) groups excluding carboxylic acids is 2. The van der Waals surface area contributed by atoms with E-state index in [1.54, 1.807) is 11.1 Å². The molecule has 1 N–H and O–H groups in total. The zero-order valence-corrected chi connectivity index (χ0v) is 17.6. The molecule has 7 heteroatoms. The molecule has 1 aliphatic heterocycles. The molecule has 1 aromatic carbocycles.